The summed E-state index contributed by atoms with van der Waals surface area (Å²) in [6, 6.07) is 20.3. The fourth-order valence-electron chi connectivity index (χ4n) is 2.88. The van der Waals surface area contributed by atoms with Crippen LogP contribution in [0.1, 0.15) is 11.1 Å². The Kier molecular flexibility index (Phi) is 4.47. The van der Waals surface area contributed by atoms with Gasteiger partial charge in [0.1, 0.15) is 5.82 Å². The standard InChI is InChI=1S/C22H16F3N3/c1-14-6-8-15(9-7-14)20-27-19-5-3-2-4-18(19)21(28-20)26-17-12-10-16(11-13-17)22(23,24)25/h2-13H,1H3,(H,26,27,28). The molecule has 0 aliphatic heterocycles. The van der Waals surface area contributed by atoms with Gasteiger partial charge in [-0.2, -0.15) is 13.2 Å². The molecule has 140 valence electrons. The van der Waals surface area contributed by atoms with Gasteiger partial charge in [-0.1, -0.05) is 42.0 Å². The zero-order valence-corrected chi connectivity index (χ0v) is 15.0. The third-order valence-electron chi connectivity index (χ3n) is 4.39. The van der Waals surface area contributed by atoms with E-state index in [2.05, 4.69) is 15.3 Å². The van der Waals surface area contributed by atoms with Gasteiger partial charge in [-0.05, 0) is 43.3 Å². The molecule has 0 atom stereocenters. The molecule has 4 rings (SSSR count). The molecule has 0 aliphatic carbocycles. The Bertz CT molecular complexity index is 1120. The molecule has 1 N–H and O–H groups in total. The summed E-state index contributed by atoms with van der Waals surface area (Å²) in [6.07, 6.45) is -4.36. The molecule has 4 aromatic rings. The molecular weight excluding hydrogens is 363 g/mol. The molecule has 0 unspecified atom stereocenters. The average molecular weight is 379 g/mol. The van der Waals surface area contributed by atoms with Crippen LogP contribution in [0.5, 0.6) is 0 Å². The van der Waals surface area contributed by atoms with E-state index in [-0.39, 0.29) is 0 Å². The van der Waals surface area contributed by atoms with Gasteiger partial charge in [-0.15, -0.1) is 0 Å². The topological polar surface area (TPSA) is 37.8 Å². The van der Waals surface area contributed by atoms with E-state index < -0.39 is 11.7 Å². The van der Waals surface area contributed by atoms with E-state index in [1.807, 2.05) is 55.5 Å². The summed E-state index contributed by atoms with van der Waals surface area (Å²) in [4.78, 5) is 9.25. The Hall–Kier alpha value is -3.41. The van der Waals surface area contributed by atoms with Gasteiger partial charge in [-0.3, -0.25) is 0 Å². The van der Waals surface area contributed by atoms with Crippen LogP contribution in [-0.4, -0.2) is 9.97 Å². The van der Waals surface area contributed by atoms with Gasteiger partial charge in [0.15, 0.2) is 5.82 Å². The maximum Gasteiger partial charge on any atom is 0.416 e. The largest absolute Gasteiger partial charge is 0.416 e. The van der Waals surface area contributed by atoms with E-state index in [9.17, 15) is 13.2 Å². The molecule has 0 saturated carbocycles. The number of benzene rings is 3. The van der Waals surface area contributed by atoms with E-state index in [0.29, 0.717) is 17.3 Å². The number of aryl methyl sites for hydroxylation is 1. The second-order valence-corrected chi connectivity index (χ2v) is 6.48. The first-order valence-corrected chi connectivity index (χ1v) is 8.68. The lowest BCUT2D eigenvalue weighted by Crippen LogP contribution is -2.05. The molecule has 3 aromatic carbocycles. The summed E-state index contributed by atoms with van der Waals surface area (Å²) in [7, 11) is 0. The van der Waals surface area contributed by atoms with Gasteiger partial charge in [0.25, 0.3) is 0 Å². The van der Waals surface area contributed by atoms with E-state index in [0.717, 1.165) is 34.2 Å². The SMILES string of the molecule is Cc1ccc(-c2nc(Nc3ccc(C(F)(F)F)cc3)c3ccccc3n2)cc1. The summed E-state index contributed by atoms with van der Waals surface area (Å²) < 4.78 is 38.3. The number of alkyl halides is 3. The normalized spacial score (nSPS) is 11.6. The fourth-order valence-corrected chi connectivity index (χ4v) is 2.88. The van der Waals surface area contributed by atoms with Crippen LogP contribution in [0, 0.1) is 6.92 Å². The molecule has 0 amide bonds. The van der Waals surface area contributed by atoms with Crippen molar-refractivity contribution in [2.75, 3.05) is 5.32 Å². The summed E-state index contributed by atoms with van der Waals surface area (Å²) in [5.41, 5.74) is 2.58. The molecule has 0 radical (unpaired) electrons. The number of anilines is 2. The third kappa shape index (κ3) is 3.67. The first-order valence-electron chi connectivity index (χ1n) is 8.68. The van der Waals surface area contributed by atoms with Crippen LogP contribution in [-0.2, 0) is 6.18 Å². The van der Waals surface area contributed by atoms with Crippen molar-refractivity contribution in [1.82, 2.24) is 9.97 Å². The molecule has 0 aliphatic rings. The maximum absolute atomic E-state index is 12.8. The number of fused-ring (bicyclic) bond motifs is 1. The monoisotopic (exact) mass is 379 g/mol. The minimum absolute atomic E-state index is 0.520. The van der Waals surface area contributed by atoms with E-state index in [4.69, 9.17) is 0 Å². The summed E-state index contributed by atoms with van der Waals surface area (Å²) in [5.74, 6) is 1.09. The van der Waals surface area contributed by atoms with Crippen LogP contribution in [0.4, 0.5) is 24.7 Å². The fraction of sp³-hybridized carbons (Fsp3) is 0.0909. The molecular formula is C22H16F3N3. The summed E-state index contributed by atoms with van der Waals surface area (Å²) >= 11 is 0. The number of aromatic nitrogens is 2. The Morgan fingerprint density at radius 3 is 2.14 bits per heavy atom. The smallest absolute Gasteiger partial charge is 0.340 e. The quantitative estimate of drug-likeness (QED) is 0.450. The Morgan fingerprint density at radius 1 is 0.786 bits per heavy atom. The molecule has 0 saturated heterocycles. The highest BCUT2D eigenvalue weighted by Crippen LogP contribution is 2.31. The average Bonchev–Trinajstić information content (AvgIpc) is 2.68. The van der Waals surface area contributed by atoms with Crippen LogP contribution >= 0.6 is 0 Å². The van der Waals surface area contributed by atoms with Crippen molar-refractivity contribution in [3.05, 3.63) is 83.9 Å². The molecule has 6 heteroatoms. The molecule has 28 heavy (non-hydrogen) atoms. The first-order chi connectivity index (χ1) is 13.4. The second-order valence-electron chi connectivity index (χ2n) is 6.48. The first kappa shape index (κ1) is 18.0. The van der Waals surface area contributed by atoms with Crippen molar-refractivity contribution in [1.29, 1.82) is 0 Å². The van der Waals surface area contributed by atoms with E-state index >= 15 is 0 Å². The summed E-state index contributed by atoms with van der Waals surface area (Å²) in [6.45, 7) is 2.00. The zero-order chi connectivity index (χ0) is 19.7. The number of nitrogens with zero attached hydrogens (tertiary/aromatic N) is 2. The predicted octanol–water partition coefficient (Wildman–Crippen LogP) is 6.37. The highest BCUT2D eigenvalue weighted by atomic mass is 19.4. The van der Waals surface area contributed by atoms with E-state index in [1.165, 1.54) is 12.1 Å². The van der Waals surface area contributed by atoms with Crippen LogP contribution < -0.4 is 5.32 Å². The summed E-state index contributed by atoms with van der Waals surface area (Å²) in [5, 5.41) is 3.92. The number of hydrogen-bond donors (Lipinski definition) is 1. The molecule has 1 heterocycles. The van der Waals surface area contributed by atoms with Crippen LogP contribution in [0.2, 0.25) is 0 Å². The van der Waals surface area contributed by atoms with Gasteiger partial charge >= 0.3 is 6.18 Å². The number of nitrogens with one attached hydrogen (secondary N) is 1. The Labute approximate surface area is 159 Å². The zero-order valence-electron chi connectivity index (χ0n) is 15.0. The number of halogens is 3. The lowest BCUT2D eigenvalue weighted by Gasteiger charge is -2.12. The Morgan fingerprint density at radius 2 is 1.46 bits per heavy atom. The van der Waals surface area contributed by atoms with Crippen molar-refractivity contribution in [2.45, 2.75) is 13.1 Å². The lowest BCUT2D eigenvalue weighted by molar-refractivity contribution is -0.137. The van der Waals surface area contributed by atoms with Gasteiger partial charge in [-0.25, -0.2) is 9.97 Å². The second kappa shape index (κ2) is 6.96. The minimum Gasteiger partial charge on any atom is -0.340 e. The number of rotatable bonds is 3. The number of para-hydroxylation sites is 1. The van der Waals surface area contributed by atoms with Gasteiger partial charge in [0.05, 0.1) is 11.1 Å². The molecule has 1 aromatic heterocycles. The minimum atomic E-state index is -4.36. The van der Waals surface area contributed by atoms with Crippen LogP contribution in [0.25, 0.3) is 22.3 Å². The van der Waals surface area contributed by atoms with Crippen molar-refractivity contribution >= 4 is 22.4 Å². The van der Waals surface area contributed by atoms with E-state index in [1.54, 1.807) is 0 Å². The third-order valence-corrected chi connectivity index (χ3v) is 4.39. The van der Waals surface area contributed by atoms with Gasteiger partial charge in [0.2, 0.25) is 0 Å². The molecule has 0 spiro atoms. The number of hydrogen-bond acceptors (Lipinski definition) is 3. The molecule has 3 nitrogen and oxygen atoms in total. The van der Waals surface area contributed by atoms with Crippen LogP contribution in [0.15, 0.2) is 72.8 Å². The van der Waals surface area contributed by atoms with Crippen molar-refractivity contribution in [2.24, 2.45) is 0 Å². The highest BCUT2D eigenvalue weighted by Gasteiger charge is 2.29. The maximum atomic E-state index is 12.8. The molecule has 0 bridgehead atoms. The van der Waals surface area contributed by atoms with Crippen molar-refractivity contribution in [3.63, 3.8) is 0 Å². The lowest BCUT2D eigenvalue weighted by atomic mass is 10.1. The Balaban J connectivity index is 1.76. The highest BCUT2D eigenvalue weighted by molar-refractivity contribution is 5.92. The van der Waals surface area contributed by atoms with Crippen molar-refractivity contribution in [3.8, 4) is 11.4 Å². The molecule has 0 fully saturated rings. The predicted molar refractivity (Wildman–Crippen MR) is 104 cm³/mol. The van der Waals surface area contributed by atoms with Gasteiger partial charge < -0.3 is 5.32 Å². The van der Waals surface area contributed by atoms with Crippen molar-refractivity contribution < 1.29 is 13.2 Å². The van der Waals surface area contributed by atoms with Crippen LogP contribution in [0.3, 0.4) is 0 Å². The van der Waals surface area contributed by atoms with Gasteiger partial charge in [0, 0.05) is 16.6 Å².